The lowest BCUT2D eigenvalue weighted by atomic mass is 9.97. The van der Waals surface area contributed by atoms with Gasteiger partial charge in [0, 0.05) is 18.7 Å². The molecule has 1 saturated heterocycles. The Kier molecular flexibility index (Phi) is 7.06. The molecule has 150 valence electrons. The van der Waals surface area contributed by atoms with Gasteiger partial charge < -0.3 is 14.9 Å². The molecule has 28 heavy (non-hydrogen) atoms. The van der Waals surface area contributed by atoms with Gasteiger partial charge in [-0.15, -0.1) is 0 Å². The van der Waals surface area contributed by atoms with Crippen molar-refractivity contribution in [2.45, 2.75) is 39.3 Å². The van der Waals surface area contributed by atoms with E-state index in [4.69, 9.17) is 9.84 Å². The van der Waals surface area contributed by atoms with E-state index in [1.54, 1.807) is 12.1 Å². The molecule has 1 fully saturated rings. The van der Waals surface area contributed by atoms with E-state index in [2.05, 4.69) is 17.9 Å². The van der Waals surface area contributed by atoms with Gasteiger partial charge in [-0.05, 0) is 67.1 Å². The van der Waals surface area contributed by atoms with Gasteiger partial charge in [0.1, 0.15) is 5.75 Å². The van der Waals surface area contributed by atoms with Gasteiger partial charge in [0.2, 0.25) is 0 Å². The van der Waals surface area contributed by atoms with E-state index in [0.29, 0.717) is 18.1 Å². The molecule has 0 aliphatic carbocycles. The lowest BCUT2D eigenvalue weighted by Gasteiger charge is -2.18. The summed E-state index contributed by atoms with van der Waals surface area (Å²) >= 11 is 0. The van der Waals surface area contributed by atoms with Gasteiger partial charge in [-0.3, -0.25) is 4.90 Å². The number of nitrogens with zero attached hydrogens (tertiary/aromatic N) is 1. The minimum atomic E-state index is -0.874. The molecule has 1 unspecified atom stereocenters. The quantitative estimate of drug-likeness (QED) is 0.690. The zero-order valence-corrected chi connectivity index (χ0v) is 16.4. The summed E-state index contributed by atoms with van der Waals surface area (Å²) in [7, 11) is 0. The first-order valence-electron chi connectivity index (χ1n) is 9.99. The van der Waals surface area contributed by atoms with Gasteiger partial charge >= 0.3 is 5.97 Å². The Morgan fingerprint density at radius 2 is 2.07 bits per heavy atom. The smallest absolute Gasteiger partial charge is 0.335 e. The van der Waals surface area contributed by atoms with Crippen LogP contribution in [-0.2, 0) is 19.6 Å². The van der Waals surface area contributed by atoms with Crippen molar-refractivity contribution in [1.29, 1.82) is 0 Å². The number of carboxylic acids is 1. The Labute approximate surface area is 166 Å². The van der Waals surface area contributed by atoms with Gasteiger partial charge in [0.25, 0.3) is 0 Å². The fraction of sp³-hybridized carbons (Fsp3) is 0.435. The molecule has 2 N–H and O–H groups in total. The molecule has 0 bridgehead atoms. The fourth-order valence-electron chi connectivity index (χ4n) is 3.85. The molecule has 0 aromatic heterocycles. The van der Waals surface area contributed by atoms with E-state index in [0.717, 1.165) is 55.8 Å². The molecule has 2 aromatic rings. The van der Waals surface area contributed by atoms with Crippen LogP contribution in [0.25, 0.3) is 0 Å². The second kappa shape index (κ2) is 9.71. The van der Waals surface area contributed by atoms with Crippen LogP contribution < -0.4 is 4.74 Å². The summed E-state index contributed by atoms with van der Waals surface area (Å²) in [5.41, 5.74) is 3.47. The maximum absolute atomic E-state index is 11.1. The number of carbonyl (C=O) groups is 1. The Balaban J connectivity index is 1.57. The van der Waals surface area contributed by atoms with E-state index in [1.807, 2.05) is 24.3 Å². The zero-order chi connectivity index (χ0) is 19.9. The van der Waals surface area contributed by atoms with E-state index in [9.17, 15) is 9.90 Å². The number of hydrogen-bond acceptors (Lipinski definition) is 4. The number of aromatic carboxylic acids is 1. The van der Waals surface area contributed by atoms with Gasteiger partial charge in [0.15, 0.2) is 0 Å². The van der Waals surface area contributed by atoms with Crippen LogP contribution in [0, 0.1) is 5.92 Å². The molecule has 2 aromatic carbocycles. The second-order valence-electron chi connectivity index (χ2n) is 7.55. The monoisotopic (exact) mass is 383 g/mol. The molecule has 0 radical (unpaired) electrons. The number of benzene rings is 2. The average Bonchev–Trinajstić information content (AvgIpc) is 3.13. The molecular formula is C23H29NO4. The van der Waals surface area contributed by atoms with Crippen molar-refractivity contribution in [2.24, 2.45) is 5.92 Å². The van der Waals surface area contributed by atoms with Crippen LogP contribution in [0.4, 0.5) is 0 Å². The molecule has 1 aliphatic heterocycles. The Hall–Kier alpha value is -2.37. The molecule has 5 nitrogen and oxygen atoms in total. The number of likely N-dealkylation sites (tertiary alicyclic amines) is 1. The topological polar surface area (TPSA) is 70.0 Å². The molecule has 0 spiro atoms. The molecule has 1 aliphatic rings. The van der Waals surface area contributed by atoms with Crippen LogP contribution in [-0.4, -0.2) is 40.8 Å². The van der Waals surface area contributed by atoms with E-state index >= 15 is 0 Å². The molecule has 1 atom stereocenters. The maximum atomic E-state index is 11.1. The molecule has 3 rings (SSSR count). The van der Waals surface area contributed by atoms with Crippen LogP contribution in [0.2, 0.25) is 0 Å². The number of ether oxygens (including phenoxy) is 1. The summed E-state index contributed by atoms with van der Waals surface area (Å²) < 4.78 is 5.70. The Morgan fingerprint density at radius 1 is 1.21 bits per heavy atom. The first-order valence-corrected chi connectivity index (χ1v) is 9.99. The molecule has 1 heterocycles. The summed E-state index contributed by atoms with van der Waals surface area (Å²) in [4.78, 5) is 13.6. The van der Waals surface area contributed by atoms with Crippen LogP contribution in [0.5, 0.6) is 5.75 Å². The number of carboxylic acid groups (broad SMARTS) is 1. The zero-order valence-electron chi connectivity index (χ0n) is 16.4. The van der Waals surface area contributed by atoms with Gasteiger partial charge in [0.05, 0.1) is 18.8 Å². The normalized spacial score (nSPS) is 17.0. The molecular weight excluding hydrogens is 354 g/mol. The lowest BCUT2D eigenvalue weighted by Crippen LogP contribution is -2.20. The average molecular weight is 383 g/mol. The van der Waals surface area contributed by atoms with Crippen LogP contribution in [0.1, 0.15) is 46.8 Å². The first-order chi connectivity index (χ1) is 13.6. The Bertz CT molecular complexity index is 805. The lowest BCUT2D eigenvalue weighted by molar-refractivity contribution is 0.0696. The van der Waals surface area contributed by atoms with E-state index < -0.39 is 5.97 Å². The summed E-state index contributed by atoms with van der Waals surface area (Å²) in [6.07, 6.45) is 2.96. The standard InChI is InChI=1S/C23H29NO4/c1-2-10-28-22-7-6-18(13-21(22)16-25)14-24-9-8-19(15-24)11-17-4-3-5-20(12-17)23(26)27/h3-7,12-13,19,25H,2,8-11,14-16H2,1H3,(H,26,27). The van der Waals surface area contributed by atoms with Crippen molar-refractivity contribution in [3.63, 3.8) is 0 Å². The maximum Gasteiger partial charge on any atom is 0.335 e. The number of rotatable bonds is 9. The van der Waals surface area contributed by atoms with Crippen LogP contribution >= 0.6 is 0 Å². The van der Waals surface area contributed by atoms with Crippen molar-refractivity contribution in [1.82, 2.24) is 4.90 Å². The highest BCUT2D eigenvalue weighted by atomic mass is 16.5. The first kappa shape index (κ1) is 20.4. The largest absolute Gasteiger partial charge is 0.493 e. The van der Waals surface area contributed by atoms with Crippen molar-refractivity contribution < 1.29 is 19.7 Å². The minimum absolute atomic E-state index is 0.0184. The highest BCUT2D eigenvalue weighted by molar-refractivity contribution is 5.87. The highest BCUT2D eigenvalue weighted by Crippen LogP contribution is 2.25. The minimum Gasteiger partial charge on any atom is -0.493 e. The number of aliphatic hydroxyl groups excluding tert-OH is 1. The third kappa shape index (κ3) is 5.33. The SMILES string of the molecule is CCCOc1ccc(CN2CCC(Cc3cccc(C(=O)O)c3)C2)cc1CO. The predicted octanol–water partition coefficient (Wildman–Crippen LogP) is 3.73. The van der Waals surface area contributed by atoms with E-state index in [-0.39, 0.29) is 6.61 Å². The summed E-state index contributed by atoms with van der Waals surface area (Å²) in [6.45, 7) is 5.59. The van der Waals surface area contributed by atoms with Crippen LogP contribution in [0.15, 0.2) is 42.5 Å². The Morgan fingerprint density at radius 3 is 2.82 bits per heavy atom. The van der Waals surface area contributed by atoms with Gasteiger partial charge in [-0.25, -0.2) is 4.79 Å². The van der Waals surface area contributed by atoms with Gasteiger partial charge in [-0.2, -0.15) is 0 Å². The van der Waals surface area contributed by atoms with Crippen molar-refractivity contribution in [3.8, 4) is 5.75 Å². The summed E-state index contributed by atoms with van der Waals surface area (Å²) in [5.74, 6) is 0.431. The van der Waals surface area contributed by atoms with E-state index in [1.165, 1.54) is 5.56 Å². The summed E-state index contributed by atoms with van der Waals surface area (Å²) in [5, 5.41) is 18.8. The fourth-order valence-corrected chi connectivity index (χ4v) is 3.85. The second-order valence-corrected chi connectivity index (χ2v) is 7.55. The molecule has 0 amide bonds. The van der Waals surface area contributed by atoms with Gasteiger partial charge in [-0.1, -0.05) is 25.1 Å². The highest BCUT2D eigenvalue weighted by Gasteiger charge is 2.23. The molecule has 0 saturated carbocycles. The number of hydrogen-bond donors (Lipinski definition) is 2. The van der Waals surface area contributed by atoms with Crippen molar-refractivity contribution in [3.05, 3.63) is 64.7 Å². The van der Waals surface area contributed by atoms with Crippen molar-refractivity contribution in [2.75, 3.05) is 19.7 Å². The number of aliphatic hydroxyl groups is 1. The third-order valence-electron chi connectivity index (χ3n) is 5.23. The van der Waals surface area contributed by atoms with Crippen LogP contribution in [0.3, 0.4) is 0 Å². The predicted molar refractivity (Wildman–Crippen MR) is 109 cm³/mol. The third-order valence-corrected chi connectivity index (χ3v) is 5.23. The van der Waals surface area contributed by atoms with Crippen molar-refractivity contribution >= 4 is 5.97 Å². The molecule has 5 heteroatoms. The summed E-state index contributed by atoms with van der Waals surface area (Å²) in [6, 6.07) is 13.3.